The summed E-state index contributed by atoms with van der Waals surface area (Å²) in [6, 6.07) is 35.0. The molecule has 0 bridgehead atoms. The maximum absolute atomic E-state index is 11.4. The van der Waals surface area contributed by atoms with Crippen molar-refractivity contribution >= 4 is 12.1 Å². The Kier molecular flexibility index (Phi) is 10.1. The van der Waals surface area contributed by atoms with Gasteiger partial charge in [-0.1, -0.05) is 78.9 Å². The van der Waals surface area contributed by atoms with Gasteiger partial charge in [-0.2, -0.15) is 0 Å². The van der Waals surface area contributed by atoms with Crippen LogP contribution in [-0.2, 0) is 17.6 Å². The Labute approximate surface area is 260 Å². The van der Waals surface area contributed by atoms with E-state index in [-0.39, 0.29) is 18.2 Å². The minimum Gasteiger partial charge on any atom is -0.497 e. The van der Waals surface area contributed by atoms with E-state index in [0.717, 1.165) is 47.6 Å². The van der Waals surface area contributed by atoms with Gasteiger partial charge in [0.05, 0.1) is 32.8 Å². The highest BCUT2D eigenvalue weighted by Crippen LogP contribution is 2.44. The molecule has 0 saturated carbocycles. The zero-order valence-corrected chi connectivity index (χ0v) is 25.4. The van der Waals surface area contributed by atoms with Gasteiger partial charge in [0.1, 0.15) is 17.2 Å². The van der Waals surface area contributed by atoms with Gasteiger partial charge in [0.15, 0.2) is 0 Å². The third-order valence-corrected chi connectivity index (χ3v) is 8.30. The van der Waals surface area contributed by atoms with Crippen LogP contribution in [0.1, 0.15) is 47.4 Å². The molecule has 0 fully saturated rings. The van der Waals surface area contributed by atoms with E-state index in [4.69, 9.17) is 24.9 Å². The zero-order valence-electron chi connectivity index (χ0n) is 25.4. The molecule has 4 aromatic rings. The number of benzene rings is 4. The van der Waals surface area contributed by atoms with Crippen molar-refractivity contribution in [1.82, 2.24) is 0 Å². The number of methoxy groups -OCH3 is 2. The fourth-order valence-electron chi connectivity index (χ4n) is 6.08. The second-order valence-electron chi connectivity index (χ2n) is 11.2. The molecule has 0 aliphatic carbocycles. The summed E-state index contributed by atoms with van der Waals surface area (Å²) in [5.41, 5.74) is 10.7. The highest BCUT2D eigenvalue weighted by atomic mass is 16.5. The fraction of sp³-hybridized carbons (Fsp3) is 0.263. The molecule has 0 aromatic heterocycles. The second kappa shape index (κ2) is 14.6. The molecule has 6 nitrogen and oxygen atoms in total. The molecule has 1 heterocycles. The van der Waals surface area contributed by atoms with Crippen LogP contribution < -0.4 is 19.9 Å². The smallest absolute Gasteiger partial charge is 0.221 e. The molecule has 1 unspecified atom stereocenters. The van der Waals surface area contributed by atoms with Crippen LogP contribution >= 0.6 is 0 Å². The first kappa shape index (κ1) is 30.6. The Morgan fingerprint density at radius 1 is 0.841 bits per heavy atom. The highest BCUT2D eigenvalue weighted by Gasteiger charge is 2.39. The minimum atomic E-state index is -0.432. The Balaban J connectivity index is 1.42. The number of nitrogens with two attached hydrogens (primary N) is 1. The largest absolute Gasteiger partial charge is 0.497 e. The van der Waals surface area contributed by atoms with Crippen LogP contribution in [0.15, 0.2) is 120 Å². The molecule has 1 amide bonds. The quantitative estimate of drug-likeness (QED) is 0.150. The van der Waals surface area contributed by atoms with Crippen LogP contribution in [0.3, 0.4) is 0 Å². The first-order chi connectivity index (χ1) is 21.5. The van der Waals surface area contributed by atoms with Gasteiger partial charge in [-0.05, 0) is 77.8 Å². The summed E-state index contributed by atoms with van der Waals surface area (Å²) in [5.74, 6) is 2.09. The Morgan fingerprint density at radius 3 is 2.23 bits per heavy atom. The van der Waals surface area contributed by atoms with E-state index in [1.54, 1.807) is 14.2 Å². The van der Waals surface area contributed by atoms with Crippen molar-refractivity contribution in [1.29, 1.82) is 0 Å². The SMILES string of the molecule is COc1ccc(CC2=CC=NC2(CCCOc2cccc(CC(N)=O)c2)CC(c2ccccc2)c2ccccc2)c(OC)c1. The van der Waals surface area contributed by atoms with Crippen LogP contribution in [0.4, 0.5) is 0 Å². The monoisotopic (exact) mass is 588 g/mol. The van der Waals surface area contributed by atoms with E-state index in [1.165, 1.54) is 16.7 Å². The Bertz CT molecular complexity index is 1560. The molecule has 1 aliphatic rings. The maximum atomic E-state index is 11.4. The molecule has 5 rings (SSSR count). The van der Waals surface area contributed by atoms with Crippen molar-refractivity contribution in [3.63, 3.8) is 0 Å². The maximum Gasteiger partial charge on any atom is 0.221 e. The number of allylic oxidation sites excluding steroid dienone is 1. The molecule has 0 saturated heterocycles. The van der Waals surface area contributed by atoms with Crippen molar-refractivity contribution in [3.05, 3.63) is 137 Å². The fourth-order valence-corrected chi connectivity index (χ4v) is 6.08. The van der Waals surface area contributed by atoms with Crippen LogP contribution in [0.2, 0.25) is 0 Å². The number of hydrogen-bond donors (Lipinski definition) is 1. The van der Waals surface area contributed by atoms with E-state index < -0.39 is 5.54 Å². The summed E-state index contributed by atoms with van der Waals surface area (Å²) in [6.45, 7) is 0.526. The number of primary amides is 1. The molecule has 1 aliphatic heterocycles. The molecule has 2 N–H and O–H groups in total. The van der Waals surface area contributed by atoms with Gasteiger partial charge in [0, 0.05) is 18.2 Å². The third-order valence-electron chi connectivity index (χ3n) is 8.30. The number of rotatable bonds is 15. The number of amides is 1. The molecule has 44 heavy (non-hydrogen) atoms. The van der Waals surface area contributed by atoms with E-state index in [2.05, 4.69) is 72.8 Å². The molecule has 0 spiro atoms. The lowest BCUT2D eigenvalue weighted by molar-refractivity contribution is -0.117. The number of carbonyl (C=O) groups excluding carboxylic acids is 1. The molecule has 0 radical (unpaired) electrons. The second-order valence-corrected chi connectivity index (χ2v) is 11.2. The van der Waals surface area contributed by atoms with Gasteiger partial charge < -0.3 is 19.9 Å². The first-order valence-corrected chi connectivity index (χ1v) is 15.1. The van der Waals surface area contributed by atoms with Crippen molar-refractivity contribution < 1.29 is 19.0 Å². The summed E-state index contributed by atoms with van der Waals surface area (Å²) in [6.07, 6.45) is 7.46. The topological polar surface area (TPSA) is 83.1 Å². The molecular weight excluding hydrogens is 548 g/mol. The molecule has 6 heteroatoms. The van der Waals surface area contributed by atoms with E-state index in [0.29, 0.717) is 13.0 Å². The number of aliphatic imine (C=N–C) groups is 1. The van der Waals surface area contributed by atoms with Gasteiger partial charge in [0.2, 0.25) is 5.91 Å². The standard InChI is InChI=1S/C38H40N2O4/c1-42-33-18-17-31(36(26-33)43-2)25-32-19-21-40-38(32,20-10-22-44-34-16-9-11-28(23-34)24-37(39)41)27-35(29-12-5-3-6-13-29)30-14-7-4-8-15-30/h3-9,11-19,21,23,26,35H,10,20,22,24-25,27H2,1-2H3,(H2,39,41). The summed E-state index contributed by atoms with van der Waals surface area (Å²) < 4.78 is 17.4. The number of carbonyl (C=O) groups is 1. The summed E-state index contributed by atoms with van der Waals surface area (Å²) >= 11 is 0. The lowest BCUT2D eigenvalue weighted by Crippen LogP contribution is -2.32. The van der Waals surface area contributed by atoms with Crippen LogP contribution in [0, 0.1) is 0 Å². The number of hydrogen-bond acceptors (Lipinski definition) is 5. The predicted octanol–water partition coefficient (Wildman–Crippen LogP) is 7.11. The average Bonchev–Trinajstić information content (AvgIpc) is 3.44. The summed E-state index contributed by atoms with van der Waals surface area (Å²) in [5, 5.41) is 0. The van der Waals surface area contributed by atoms with Crippen LogP contribution in [-0.4, -0.2) is 38.5 Å². The van der Waals surface area contributed by atoms with Gasteiger partial charge >= 0.3 is 0 Å². The van der Waals surface area contributed by atoms with Crippen LogP contribution in [0.25, 0.3) is 0 Å². The zero-order chi connectivity index (χ0) is 30.8. The third kappa shape index (κ3) is 7.56. The van der Waals surface area contributed by atoms with E-state index in [9.17, 15) is 4.79 Å². The molecular formula is C38H40N2O4. The van der Waals surface area contributed by atoms with Crippen molar-refractivity contribution in [2.45, 2.75) is 43.6 Å². The average molecular weight is 589 g/mol. The van der Waals surface area contributed by atoms with Crippen LogP contribution in [0.5, 0.6) is 17.2 Å². The Hall–Kier alpha value is -4.84. The number of ether oxygens (including phenoxy) is 3. The first-order valence-electron chi connectivity index (χ1n) is 15.1. The predicted molar refractivity (Wildman–Crippen MR) is 176 cm³/mol. The van der Waals surface area contributed by atoms with E-state index >= 15 is 0 Å². The van der Waals surface area contributed by atoms with E-state index in [1.807, 2.05) is 42.6 Å². The summed E-state index contributed by atoms with van der Waals surface area (Å²) in [7, 11) is 3.36. The molecule has 226 valence electrons. The lowest BCUT2D eigenvalue weighted by Gasteiger charge is -2.35. The number of nitrogens with zero attached hydrogens (tertiary/aromatic N) is 1. The lowest BCUT2D eigenvalue weighted by atomic mass is 9.73. The molecule has 4 aromatic carbocycles. The molecule has 1 atom stereocenters. The van der Waals surface area contributed by atoms with Gasteiger partial charge in [-0.15, -0.1) is 0 Å². The summed E-state index contributed by atoms with van der Waals surface area (Å²) in [4.78, 5) is 16.6. The highest BCUT2D eigenvalue weighted by molar-refractivity contribution is 5.78. The van der Waals surface area contributed by atoms with Crippen molar-refractivity contribution in [2.75, 3.05) is 20.8 Å². The van der Waals surface area contributed by atoms with Gasteiger partial charge in [-0.25, -0.2) is 0 Å². The minimum absolute atomic E-state index is 0.153. The van der Waals surface area contributed by atoms with Gasteiger partial charge in [0.25, 0.3) is 0 Å². The van der Waals surface area contributed by atoms with Crippen molar-refractivity contribution in [3.8, 4) is 17.2 Å². The van der Waals surface area contributed by atoms with Gasteiger partial charge in [-0.3, -0.25) is 9.79 Å². The normalized spacial score (nSPS) is 15.7. The Morgan fingerprint density at radius 2 is 1.57 bits per heavy atom. The van der Waals surface area contributed by atoms with Crippen molar-refractivity contribution in [2.24, 2.45) is 10.7 Å².